The predicted molar refractivity (Wildman–Crippen MR) is 98.3 cm³/mol. The van der Waals surface area contributed by atoms with Gasteiger partial charge in [0.1, 0.15) is 5.01 Å². The summed E-state index contributed by atoms with van der Waals surface area (Å²) in [5, 5.41) is 2.88. The van der Waals surface area contributed by atoms with Crippen LogP contribution in [0.4, 0.5) is 0 Å². The van der Waals surface area contributed by atoms with Crippen molar-refractivity contribution in [2.75, 3.05) is 13.6 Å². The van der Waals surface area contributed by atoms with Crippen LogP contribution < -0.4 is 0 Å². The first-order valence-electron chi connectivity index (χ1n) is 8.60. The van der Waals surface area contributed by atoms with Crippen LogP contribution >= 0.6 is 11.3 Å². The van der Waals surface area contributed by atoms with Gasteiger partial charge in [0.05, 0.1) is 6.04 Å². The van der Waals surface area contributed by atoms with Crippen LogP contribution in [0.3, 0.4) is 0 Å². The van der Waals surface area contributed by atoms with Gasteiger partial charge in [-0.2, -0.15) is 0 Å². The summed E-state index contributed by atoms with van der Waals surface area (Å²) in [5.41, 5.74) is 1.91. The van der Waals surface area contributed by atoms with Gasteiger partial charge in [0, 0.05) is 43.7 Å². The Hall–Kier alpha value is -2.21. The summed E-state index contributed by atoms with van der Waals surface area (Å²) in [7, 11) is 1.83. The third-order valence-corrected chi connectivity index (χ3v) is 5.69. The molecule has 1 aliphatic heterocycles. The van der Waals surface area contributed by atoms with E-state index in [1.54, 1.807) is 22.4 Å². The molecule has 1 aromatic carbocycles. The van der Waals surface area contributed by atoms with Crippen molar-refractivity contribution in [3.8, 4) is 0 Å². The third kappa shape index (κ3) is 3.90. The molecule has 25 heavy (non-hydrogen) atoms. The summed E-state index contributed by atoms with van der Waals surface area (Å²) in [6.07, 6.45) is 3.89. The molecule has 1 unspecified atom stereocenters. The quantitative estimate of drug-likeness (QED) is 0.713. The number of carbonyl (C=O) groups excluding carboxylic acids is 2. The highest BCUT2D eigenvalue weighted by Crippen LogP contribution is 2.23. The van der Waals surface area contributed by atoms with Crippen LogP contribution in [-0.4, -0.2) is 40.2 Å². The van der Waals surface area contributed by atoms with Gasteiger partial charge in [0.15, 0.2) is 0 Å². The molecule has 0 fully saturated rings. The van der Waals surface area contributed by atoms with Gasteiger partial charge in [-0.05, 0) is 31.4 Å². The lowest BCUT2D eigenvalue weighted by atomic mass is 10.1. The number of benzene rings is 1. The molecule has 6 heteroatoms. The summed E-state index contributed by atoms with van der Waals surface area (Å²) >= 11 is 1.57. The second-order valence-electron chi connectivity index (χ2n) is 6.39. The largest absolute Gasteiger partial charge is 0.337 e. The van der Waals surface area contributed by atoms with Gasteiger partial charge in [0.2, 0.25) is 5.91 Å². The van der Waals surface area contributed by atoms with Crippen molar-refractivity contribution in [2.45, 2.75) is 38.8 Å². The molecular formula is C19H23N3O2S. The summed E-state index contributed by atoms with van der Waals surface area (Å²) in [6.45, 7) is 3.38. The highest BCUT2D eigenvalue weighted by molar-refractivity contribution is 7.09. The van der Waals surface area contributed by atoms with Crippen molar-refractivity contribution >= 4 is 23.2 Å². The smallest absolute Gasteiger partial charge is 0.254 e. The molecular weight excluding hydrogens is 334 g/mol. The van der Waals surface area contributed by atoms with Crippen LogP contribution in [0.1, 0.15) is 53.2 Å². The maximum atomic E-state index is 12.3. The normalized spacial score (nSPS) is 14.5. The van der Waals surface area contributed by atoms with E-state index in [4.69, 9.17) is 0 Å². The van der Waals surface area contributed by atoms with Gasteiger partial charge in [0.25, 0.3) is 5.91 Å². The summed E-state index contributed by atoms with van der Waals surface area (Å²) in [4.78, 5) is 32.5. The van der Waals surface area contributed by atoms with Crippen LogP contribution in [0.25, 0.3) is 0 Å². The Labute approximate surface area is 152 Å². The maximum Gasteiger partial charge on any atom is 0.254 e. The Kier molecular flexibility index (Phi) is 5.48. The average molecular weight is 357 g/mol. The highest BCUT2D eigenvalue weighted by atomic mass is 32.1. The maximum absolute atomic E-state index is 12.3. The lowest BCUT2D eigenvalue weighted by molar-refractivity contribution is -0.131. The minimum Gasteiger partial charge on any atom is -0.337 e. The zero-order chi connectivity index (χ0) is 17.8. The fourth-order valence-electron chi connectivity index (χ4n) is 3.07. The zero-order valence-corrected chi connectivity index (χ0v) is 15.5. The molecule has 0 saturated carbocycles. The molecule has 0 spiro atoms. The van der Waals surface area contributed by atoms with E-state index in [9.17, 15) is 9.59 Å². The molecule has 1 aliphatic rings. The zero-order valence-electron chi connectivity index (χ0n) is 14.6. The van der Waals surface area contributed by atoms with E-state index in [1.165, 1.54) is 0 Å². The van der Waals surface area contributed by atoms with Gasteiger partial charge in [-0.25, -0.2) is 4.98 Å². The first kappa shape index (κ1) is 17.6. The molecule has 2 amide bonds. The van der Waals surface area contributed by atoms with Gasteiger partial charge in [-0.3, -0.25) is 9.59 Å². The lowest BCUT2D eigenvalue weighted by Crippen LogP contribution is -2.30. The van der Waals surface area contributed by atoms with Crippen LogP contribution in [0.2, 0.25) is 0 Å². The third-order valence-electron chi connectivity index (χ3n) is 4.75. The molecule has 3 rings (SSSR count). The van der Waals surface area contributed by atoms with Crippen LogP contribution in [0.5, 0.6) is 0 Å². The average Bonchev–Trinajstić information content (AvgIpc) is 3.26. The standard InChI is InChI=1S/C19H23N3O2S/c1-14(18-20-10-12-25-18)21(2)17(23)9-5-6-11-22-13-15-7-3-4-8-16(15)19(22)24/h3-4,7-8,10,12,14H,5-6,9,11,13H2,1-2H3. The molecule has 0 bridgehead atoms. The van der Waals surface area contributed by atoms with Gasteiger partial charge >= 0.3 is 0 Å². The van der Waals surface area contributed by atoms with Crippen molar-refractivity contribution in [2.24, 2.45) is 0 Å². The van der Waals surface area contributed by atoms with Crippen LogP contribution in [0.15, 0.2) is 35.8 Å². The number of fused-ring (bicyclic) bond motifs is 1. The molecule has 2 heterocycles. The predicted octanol–water partition coefficient (Wildman–Crippen LogP) is 3.49. The number of hydrogen-bond donors (Lipinski definition) is 0. The topological polar surface area (TPSA) is 53.5 Å². The summed E-state index contributed by atoms with van der Waals surface area (Å²) in [5.74, 6) is 0.232. The first-order valence-corrected chi connectivity index (χ1v) is 9.48. The van der Waals surface area contributed by atoms with E-state index in [0.717, 1.165) is 29.0 Å². The number of unbranched alkanes of at least 4 members (excludes halogenated alkanes) is 1. The number of rotatable bonds is 7. The van der Waals surface area contributed by atoms with Gasteiger partial charge in [-0.1, -0.05) is 18.2 Å². The monoisotopic (exact) mass is 357 g/mol. The number of hydrogen-bond acceptors (Lipinski definition) is 4. The molecule has 0 aliphatic carbocycles. The van der Waals surface area contributed by atoms with E-state index in [1.807, 2.05) is 48.5 Å². The minimum absolute atomic E-state index is 0.00200. The van der Waals surface area contributed by atoms with Crippen LogP contribution in [-0.2, 0) is 11.3 Å². The van der Waals surface area contributed by atoms with E-state index < -0.39 is 0 Å². The lowest BCUT2D eigenvalue weighted by Gasteiger charge is -2.23. The number of aromatic nitrogens is 1. The van der Waals surface area contributed by atoms with Crippen molar-refractivity contribution in [1.29, 1.82) is 0 Å². The van der Waals surface area contributed by atoms with Crippen molar-refractivity contribution in [3.63, 3.8) is 0 Å². The number of thiazole rings is 1. The Morgan fingerprint density at radius 3 is 2.88 bits per heavy atom. The Morgan fingerprint density at radius 1 is 1.36 bits per heavy atom. The molecule has 2 aromatic rings. The Balaban J connectivity index is 1.42. The minimum atomic E-state index is 0.00200. The number of amides is 2. The first-order chi connectivity index (χ1) is 12.1. The van der Waals surface area contributed by atoms with E-state index in [2.05, 4.69) is 4.98 Å². The van der Waals surface area contributed by atoms with Crippen molar-refractivity contribution in [3.05, 3.63) is 52.0 Å². The molecule has 5 nitrogen and oxygen atoms in total. The van der Waals surface area contributed by atoms with Gasteiger partial charge in [-0.15, -0.1) is 11.3 Å². The summed E-state index contributed by atoms with van der Waals surface area (Å²) < 4.78 is 0. The molecule has 1 atom stereocenters. The molecule has 132 valence electrons. The Bertz CT molecular complexity index is 745. The second-order valence-corrected chi connectivity index (χ2v) is 7.32. The number of carbonyl (C=O) groups is 2. The van der Waals surface area contributed by atoms with Crippen molar-refractivity contribution < 1.29 is 9.59 Å². The van der Waals surface area contributed by atoms with E-state index >= 15 is 0 Å². The molecule has 1 aromatic heterocycles. The SMILES string of the molecule is CC(c1nccs1)N(C)C(=O)CCCCN1Cc2ccccc2C1=O. The number of nitrogens with zero attached hydrogens (tertiary/aromatic N) is 3. The van der Waals surface area contributed by atoms with Crippen molar-refractivity contribution in [1.82, 2.24) is 14.8 Å². The molecule has 0 N–H and O–H groups in total. The van der Waals surface area contributed by atoms with E-state index in [-0.39, 0.29) is 17.9 Å². The molecule has 0 radical (unpaired) electrons. The fourth-order valence-corrected chi connectivity index (χ4v) is 3.81. The van der Waals surface area contributed by atoms with E-state index in [0.29, 0.717) is 19.5 Å². The molecule has 0 saturated heterocycles. The summed E-state index contributed by atoms with van der Waals surface area (Å²) in [6, 6.07) is 7.76. The fraction of sp³-hybridized carbons (Fsp3) is 0.421. The van der Waals surface area contributed by atoms with Crippen LogP contribution in [0, 0.1) is 0 Å². The second kappa shape index (κ2) is 7.78. The highest BCUT2D eigenvalue weighted by Gasteiger charge is 2.26. The Morgan fingerprint density at radius 2 is 2.16 bits per heavy atom. The van der Waals surface area contributed by atoms with Gasteiger partial charge < -0.3 is 9.80 Å².